The number of allylic oxidation sites excluding steroid dienone is 1. The van der Waals surface area contributed by atoms with Gasteiger partial charge in [0.15, 0.2) is 0 Å². The quantitative estimate of drug-likeness (QED) is 0.895. The summed E-state index contributed by atoms with van der Waals surface area (Å²) in [5, 5.41) is 8.41. The Balaban J connectivity index is 2.47. The maximum absolute atomic E-state index is 10.2. The summed E-state index contributed by atoms with van der Waals surface area (Å²) >= 11 is 3.37. The maximum atomic E-state index is 10.2. The molecule has 0 saturated heterocycles. The van der Waals surface area contributed by atoms with Crippen LogP contribution < -0.4 is 0 Å². The van der Waals surface area contributed by atoms with Crippen molar-refractivity contribution in [2.75, 3.05) is 0 Å². The minimum Gasteiger partial charge on any atom is -0.481 e. The highest BCUT2D eigenvalue weighted by molar-refractivity contribution is 9.10. The Morgan fingerprint density at radius 1 is 1.50 bits per heavy atom. The Labute approximate surface area is 91.4 Å². The highest BCUT2D eigenvalue weighted by Crippen LogP contribution is 2.12. The largest absolute Gasteiger partial charge is 0.481 e. The second kappa shape index (κ2) is 5.60. The van der Waals surface area contributed by atoms with Crippen LogP contribution >= 0.6 is 15.9 Å². The van der Waals surface area contributed by atoms with E-state index >= 15 is 0 Å². The molecule has 74 valence electrons. The van der Waals surface area contributed by atoms with Gasteiger partial charge < -0.3 is 5.11 Å². The summed E-state index contributed by atoms with van der Waals surface area (Å²) in [6, 6.07) is 7.86. The van der Waals surface area contributed by atoms with Crippen LogP contribution in [0.1, 0.15) is 18.4 Å². The molecule has 0 unspecified atom stereocenters. The van der Waals surface area contributed by atoms with Gasteiger partial charge >= 0.3 is 5.97 Å². The van der Waals surface area contributed by atoms with Crippen LogP contribution in [0.15, 0.2) is 34.8 Å². The lowest BCUT2D eigenvalue weighted by Crippen LogP contribution is -1.91. The molecule has 0 aliphatic heterocycles. The molecular formula is C11H11BrO2. The molecule has 0 aliphatic rings. The van der Waals surface area contributed by atoms with Crippen LogP contribution in [0.3, 0.4) is 0 Å². The molecule has 0 heterocycles. The molecule has 1 rings (SSSR count). The van der Waals surface area contributed by atoms with Crippen LogP contribution in [-0.2, 0) is 4.79 Å². The molecule has 0 saturated carbocycles. The molecule has 1 aromatic carbocycles. The lowest BCUT2D eigenvalue weighted by Gasteiger charge is -1.93. The third-order valence-electron chi connectivity index (χ3n) is 1.68. The normalized spacial score (nSPS) is 10.6. The number of hydrogen-bond acceptors (Lipinski definition) is 1. The molecule has 14 heavy (non-hydrogen) atoms. The fraction of sp³-hybridized carbons (Fsp3) is 0.182. The second-order valence-electron chi connectivity index (χ2n) is 2.89. The number of carboxylic acids is 1. The first kappa shape index (κ1) is 11.0. The first-order chi connectivity index (χ1) is 6.68. The highest BCUT2D eigenvalue weighted by Gasteiger charge is 1.92. The van der Waals surface area contributed by atoms with E-state index in [2.05, 4.69) is 15.9 Å². The summed E-state index contributed by atoms with van der Waals surface area (Å²) in [5.41, 5.74) is 1.07. The van der Waals surface area contributed by atoms with Gasteiger partial charge in [0.1, 0.15) is 0 Å². The van der Waals surface area contributed by atoms with Gasteiger partial charge in [-0.1, -0.05) is 40.2 Å². The number of hydrogen-bond donors (Lipinski definition) is 1. The molecular weight excluding hydrogens is 244 g/mol. The van der Waals surface area contributed by atoms with Gasteiger partial charge in [0.2, 0.25) is 0 Å². The third-order valence-corrected chi connectivity index (χ3v) is 2.18. The number of rotatable bonds is 4. The van der Waals surface area contributed by atoms with E-state index in [1.54, 1.807) is 0 Å². The van der Waals surface area contributed by atoms with Crippen LogP contribution in [0.25, 0.3) is 6.08 Å². The molecule has 0 bridgehead atoms. The molecule has 0 fully saturated rings. The van der Waals surface area contributed by atoms with E-state index in [4.69, 9.17) is 5.11 Å². The zero-order chi connectivity index (χ0) is 10.4. The first-order valence-corrected chi connectivity index (χ1v) is 5.11. The SMILES string of the molecule is O=C(O)CCC=Cc1cccc(Br)c1. The minimum atomic E-state index is -0.760. The summed E-state index contributed by atoms with van der Waals surface area (Å²) in [6.07, 6.45) is 4.55. The Morgan fingerprint density at radius 2 is 2.29 bits per heavy atom. The van der Waals surface area contributed by atoms with Crippen LogP contribution in [0, 0.1) is 0 Å². The number of halogens is 1. The van der Waals surface area contributed by atoms with Gasteiger partial charge in [-0.3, -0.25) is 4.79 Å². The maximum Gasteiger partial charge on any atom is 0.303 e. The van der Waals surface area contributed by atoms with Gasteiger partial charge in [0.05, 0.1) is 0 Å². The molecule has 1 N–H and O–H groups in total. The van der Waals surface area contributed by atoms with Gasteiger partial charge in [-0.15, -0.1) is 0 Å². The highest BCUT2D eigenvalue weighted by atomic mass is 79.9. The predicted octanol–water partition coefficient (Wildman–Crippen LogP) is 3.33. The van der Waals surface area contributed by atoms with Crippen LogP contribution in [-0.4, -0.2) is 11.1 Å². The first-order valence-electron chi connectivity index (χ1n) is 4.32. The molecule has 0 amide bonds. The summed E-state index contributed by atoms with van der Waals surface area (Å²) in [4.78, 5) is 10.2. The summed E-state index contributed by atoms with van der Waals surface area (Å²) in [7, 11) is 0. The molecule has 0 aliphatic carbocycles. The van der Waals surface area contributed by atoms with Crippen LogP contribution in [0.2, 0.25) is 0 Å². The number of carbonyl (C=O) groups is 1. The van der Waals surface area contributed by atoms with Crippen molar-refractivity contribution < 1.29 is 9.90 Å². The van der Waals surface area contributed by atoms with Gasteiger partial charge in [0.25, 0.3) is 0 Å². The van der Waals surface area contributed by atoms with Crippen LogP contribution in [0.4, 0.5) is 0 Å². The predicted molar refractivity (Wildman–Crippen MR) is 60.0 cm³/mol. The van der Waals surface area contributed by atoms with Crippen molar-refractivity contribution in [2.24, 2.45) is 0 Å². The number of benzene rings is 1. The lowest BCUT2D eigenvalue weighted by molar-refractivity contribution is -0.136. The average Bonchev–Trinajstić information content (AvgIpc) is 2.12. The zero-order valence-corrected chi connectivity index (χ0v) is 9.20. The monoisotopic (exact) mass is 254 g/mol. The topological polar surface area (TPSA) is 37.3 Å². The summed E-state index contributed by atoms with van der Waals surface area (Å²) in [5.74, 6) is -0.760. The van der Waals surface area contributed by atoms with Gasteiger partial charge in [-0.2, -0.15) is 0 Å². The van der Waals surface area contributed by atoms with E-state index in [0.29, 0.717) is 6.42 Å². The van der Waals surface area contributed by atoms with Crippen molar-refractivity contribution in [3.05, 3.63) is 40.4 Å². The molecule has 0 radical (unpaired) electrons. The molecule has 2 nitrogen and oxygen atoms in total. The van der Waals surface area contributed by atoms with E-state index in [0.717, 1.165) is 10.0 Å². The Kier molecular flexibility index (Phi) is 4.40. The van der Waals surface area contributed by atoms with Crippen molar-refractivity contribution in [3.63, 3.8) is 0 Å². The number of carboxylic acid groups (broad SMARTS) is 1. The Bertz CT molecular complexity index is 345. The van der Waals surface area contributed by atoms with Gasteiger partial charge in [-0.25, -0.2) is 0 Å². The van der Waals surface area contributed by atoms with E-state index in [1.807, 2.05) is 36.4 Å². The standard InChI is InChI=1S/C11H11BrO2/c12-10-6-3-5-9(8-10)4-1-2-7-11(13)14/h1,3-6,8H,2,7H2,(H,13,14). The lowest BCUT2D eigenvalue weighted by atomic mass is 10.2. The van der Waals surface area contributed by atoms with Crippen molar-refractivity contribution in [1.82, 2.24) is 0 Å². The van der Waals surface area contributed by atoms with E-state index < -0.39 is 5.97 Å². The Morgan fingerprint density at radius 3 is 2.93 bits per heavy atom. The second-order valence-corrected chi connectivity index (χ2v) is 3.81. The fourth-order valence-corrected chi connectivity index (χ4v) is 1.45. The van der Waals surface area contributed by atoms with Crippen molar-refractivity contribution in [1.29, 1.82) is 0 Å². The van der Waals surface area contributed by atoms with E-state index in [9.17, 15) is 4.79 Å². The molecule has 1 aromatic rings. The molecule has 3 heteroatoms. The molecule has 0 atom stereocenters. The fourth-order valence-electron chi connectivity index (χ4n) is 1.04. The third kappa shape index (κ3) is 4.23. The van der Waals surface area contributed by atoms with Crippen LogP contribution in [0.5, 0.6) is 0 Å². The van der Waals surface area contributed by atoms with E-state index in [-0.39, 0.29) is 6.42 Å². The van der Waals surface area contributed by atoms with Crippen molar-refractivity contribution >= 4 is 28.0 Å². The smallest absolute Gasteiger partial charge is 0.303 e. The van der Waals surface area contributed by atoms with Gasteiger partial charge in [0, 0.05) is 10.9 Å². The van der Waals surface area contributed by atoms with Gasteiger partial charge in [-0.05, 0) is 24.1 Å². The van der Waals surface area contributed by atoms with E-state index in [1.165, 1.54) is 0 Å². The van der Waals surface area contributed by atoms with Crippen molar-refractivity contribution in [2.45, 2.75) is 12.8 Å². The molecule has 0 aromatic heterocycles. The zero-order valence-electron chi connectivity index (χ0n) is 7.61. The van der Waals surface area contributed by atoms with Crippen molar-refractivity contribution in [3.8, 4) is 0 Å². The minimum absolute atomic E-state index is 0.185. The Hall–Kier alpha value is -1.09. The molecule has 0 spiro atoms. The summed E-state index contributed by atoms with van der Waals surface area (Å²) < 4.78 is 1.03. The number of aliphatic carboxylic acids is 1. The average molecular weight is 255 g/mol. The summed E-state index contributed by atoms with van der Waals surface area (Å²) in [6.45, 7) is 0.